The first-order valence-corrected chi connectivity index (χ1v) is 6.28. The van der Waals surface area contributed by atoms with Gasteiger partial charge in [-0.15, -0.1) is 0 Å². The van der Waals surface area contributed by atoms with Gasteiger partial charge in [-0.2, -0.15) is 0 Å². The fourth-order valence-electron chi connectivity index (χ4n) is 1.93. The maximum absolute atomic E-state index is 5.85. The van der Waals surface area contributed by atoms with Gasteiger partial charge in [-0.3, -0.25) is 0 Å². The van der Waals surface area contributed by atoms with Gasteiger partial charge in [0.05, 0.1) is 7.11 Å². The molecule has 0 heterocycles. The van der Waals surface area contributed by atoms with Gasteiger partial charge in [0.25, 0.3) is 0 Å². The van der Waals surface area contributed by atoms with E-state index in [-0.39, 0.29) is 0 Å². The maximum atomic E-state index is 5.85. The molecule has 2 aromatic carbocycles. The molecule has 0 saturated carbocycles. The molecule has 19 heavy (non-hydrogen) atoms. The van der Waals surface area contributed by atoms with Crippen LogP contribution in [0.15, 0.2) is 42.5 Å². The molecule has 2 N–H and O–H groups in total. The highest BCUT2D eigenvalue weighted by molar-refractivity contribution is 5.40. The van der Waals surface area contributed by atoms with Crippen LogP contribution in [0.4, 0.5) is 0 Å². The van der Waals surface area contributed by atoms with E-state index >= 15 is 0 Å². The summed E-state index contributed by atoms with van der Waals surface area (Å²) in [6.07, 6.45) is 0. The average Bonchev–Trinajstić information content (AvgIpc) is 2.45. The van der Waals surface area contributed by atoms with Crippen molar-refractivity contribution in [3.05, 3.63) is 59.2 Å². The average molecular weight is 257 g/mol. The Morgan fingerprint density at radius 2 is 1.95 bits per heavy atom. The van der Waals surface area contributed by atoms with Gasteiger partial charge < -0.3 is 15.2 Å². The fraction of sp³-hybridized carbons (Fsp3) is 0.250. The maximum Gasteiger partial charge on any atom is 0.127 e. The molecular formula is C16H19NO2. The highest BCUT2D eigenvalue weighted by Crippen LogP contribution is 2.25. The first kappa shape index (κ1) is 13.4. The van der Waals surface area contributed by atoms with Crippen molar-refractivity contribution in [2.45, 2.75) is 20.1 Å². The number of rotatable bonds is 5. The summed E-state index contributed by atoms with van der Waals surface area (Å²) >= 11 is 0. The largest absolute Gasteiger partial charge is 0.497 e. The topological polar surface area (TPSA) is 44.5 Å². The zero-order valence-corrected chi connectivity index (χ0v) is 11.3. The predicted molar refractivity (Wildman–Crippen MR) is 76.4 cm³/mol. The first-order chi connectivity index (χ1) is 9.22. The highest BCUT2D eigenvalue weighted by Gasteiger charge is 2.05. The van der Waals surface area contributed by atoms with Crippen LogP contribution in [-0.2, 0) is 13.2 Å². The van der Waals surface area contributed by atoms with Crippen molar-refractivity contribution < 1.29 is 9.47 Å². The summed E-state index contributed by atoms with van der Waals surface area (Å²) in [4.78, 5) is 0. The van der Waals surface area contributed by atoms with Crippen LogP contribution in [0.5, 0.6) is 11.5 Å². The first-order valence-electron chi connectivity index (χ1n) is 6.28. The van der Waals surface area contributed by atoms with Crippen molar-refractivity contribution in [1.82, 2.24) is 0 Å². The van der Waals surface area contributed by atoms with E-state index in [4.69, 9.17) is 15.2 Å². The molecule has 0 aliphatic rings. The second-order valence-corrected chi connectivity index (χ2v) is 4.46. The van der Waals surface area contributed by atoms with Gasteiger partial charge in [0.2, 0.25) is 0 Å². The van der Waals surface area contributed by atoms with E-state index in [1.807, 2.05) is 24.3 Å². The Balaban J connectivity index is 2.14. The van der Waals surface area contributed by atoms with Crippen LogP contribution >= 0.6 is 0 Å². The monoisotopic (exact) mass is 257 g/mol. The lowest BCUT2D eigenvalue weighted by molar-refractivity contribution is 0.300. The van der Waals surface area contributed by atoms with Crippen LogP contribution < -0.4 is 15.2 Å². The number of aryl methyl sites for hydroxylation is 1. The molecule has 0 unspecified atom stereocenters. The molecule has 0 atom stereocenters. The molecule has 0 aliphatic heterocycles. The molecule has 3 heteroatoms. The molecule has 0 amide bonds. The van der Waals surface area contributed by atoms with Crippen molar-refractivity contribution in [2.75, 3.05) is 7.11 Å². The quantitative estimate of drug-likeness (QED) is 0.895. The van der Waals surface area contributed by atoms with Crippen molar-refractivity contribution in [3.8, 4) is 11.5 Å². The van der Waals surface area contributed by atoms with Crippen molar-refractivity contribution in [1.29, 1.82) is 0 Å². The Bertz CT molecular complexity index is 552. The molecule has 0 aromatic heterocycles. The molecule has 0 aliphatic carbocycles. The summed E-state index contributed by atoms with van der Waals surface area (Å²) in [6, 6.07) is 14.0. The van der Waals surface area contributed by atoms with Gasteiger partial charge in [0.15, 0.2) is 0 Å². The minimum atomic E-state index is 0.452. The van der Waals surface area contributed by atoms with Crippen LogP contribution in [0.2, 0.25) is 0 Å². The van der Waals surface area contributed by atoms with E-state index < -0.39 is 0 Å². The molecule has 0 bridgehead atoms. The van der Waals surface area contributed by atoms with E-state index in [0.29, 0.717) is 13.2 Å². The molecule has 100 valence electrons. The van der Waals surface area contributed by atoms with Crippen LogP contribution in [-0.4, -0.2) is 7.11 Å². The SMILES string of the molecule is COc1ccc(CN)c(OCc2cccc(C)c2)c1. The zero-order chi connectivity index (χ0) is 13.7. The van der Waals surface area contributed by atoms with Crippen LogP contribution in [0.3, 0.4) is 0 Å². The molecule has 0 saturated heterocycles. The lowest BCUT2D eigenvalue weighted by Gasteiger charge is -2.12. The zero-order valence-electron chi connectivity index (χ0n) is 11.3. The molecule has 0 fully saturated rings. The van der Waals surface area contributed by atoms with E-state index in [0.717, 1.165) is 22.6 Å². The molecule has 2 aromatic rings. The fourth-order valence-corrected chi connectivity index (χ4v) is 1.93. The predicted octanol–water partition coefficient (Wildman–Crippen LogP) is 3.04. The second-order valence-electron chi connectivity index (χ2n) is 4.46. The number of ether oxygens (including phenoxy) is 2. The van der Waals surface area contributed by atoms with Crippen LogP contribution in [0.1, 0.15) is 16.7 Å². The number of hydrogen-bond acceptors (Lipinski definition) is 3. The standard InChI is InChI=1S/C16H19NO2/c1-12-4-3-5-13(8-12)11-19-16-9-15(18-2)7-6-14(16)10-17/h3-9H,10-11,17H2,1-2H3. The normalized spacial score (nSPS) is 10.3. The van der Waals surface area contributed by atoms with Crippen molar-refractivity contribution in [3.63, 3.8) is 0 Å². The van der Waals surface area contributed by atoms with Gasteiger partial charge in [0, 0.05) is 18.2 Å². The Kier molecular flexibility index (Phi) is 4.42. The lowest BCUT2D eigenvalue weighted by Crippen LogP contribution is -2.03. The number of benzene rings is 2. The van der Waals surface area contributed by atoms with Gasteiger partial charge in [-0.25, -0.2) is 0 Å². The Morgan fingerprint density at radius 3 is 2.63 bits per heavy atom. The van der Waals surface area contributed by atoms with Crippen LogP contribution in [0, 0.1) is 6.92 Å². The third-order valence-electron chi connectivity index (χ3n) is 2.97. The lowest BCUT2D eigenvalue weighted by atomic mass is 10.1. The minimum absolute atomic E-state index is 0.452. The van der Waals surface area contributed by atoms with E-state index in [9.17, 15) is 0 Å². The van der Waals surface area contributed by atoms with E-state index in [2.05, 4.69) is 25.1 Å². The van der Waals surface area contributed by atoms with Gasteiger partial charge in [0.1, 0.15) is 18.1 Å². The number of nitrogens with two attached hydrogens (primary N) is 1. The van der Waals surface area contributed by atoms with Crippen molar-refractivity contribution in [2.24, 2.45) is 5.73 Å². The third kappa shape index (κ3) is 3.48. The summed E-state index contributed by atoms with van der Waals surface area (Å²) in [5, 5.41) is 0. The van der Waals surface area contributed by atoms with E-state index in [1.165, 1.54) is 5.56 Å². The highest BCUT2D eigenvalue weighted by atomic mass is 16.5. The molecule has 0 spiro atoms. The van der Waals surface area contributed by atoms with Gasteiger partial charge >= 0.3 is 0 Å². The molecular weight excluding hydrogens is 238 g/mol. The number of hydrogen-bond donors (Lipinski definition) is 1. The van der Waals surface area contributed by atoms with Gasteiger partial charge in [-0.1, -0.05) is 35.9 Å². The summed E-state index contributed by atoms with van der Waals surface area (Å²) in [5.74, 6) is 1.56. The summed E-state index contributed by atoms with van der Waals surface area (Å²) in [6.45, 7) is 3.05. The second kappa shape index (κ2) is 6.25. The molecule has 2 rings (SSSR count). The van der Waals surface area contributed by atoms with Crippen LogP contribution in [0.25, 0.3) is 0 Å². The minimum Gasteiger partial charge on any atom is -0.497 e. The molecule has 0 radical (unpaired) electrons. The Labute approximate surface area is 114 Å². The molecule has 3 nitrogen and oxygen atoms in total. The Morgan fingerprint density at radius 1 is 1.11 bits per heavy atom. The Hall–Kier alpha value is -2.00. The summed E-state index contributed by atoms with van der Waals surface area (Å²) in [7, 11) is 1.64. The summed E-state index contributed by atoms with van der Waals surface area (Å²) < 4.78 is 11.1. The van der Waals surface area contributed by atoms with Gasteiger partial charge in [-0.05, 0) is 18.6 Å². The summed E-state index contributed by atoms with van der Waals surface area (Å²) in [5.41, 5.74) is 9.07. The smallest absolute Gasteiger partial charge is 0.127 e. The van der Waals surface area contributed by atoms with Crippen molar-refractivity contribution >= 4 is 0 Å². The van der Waals surface area contributed by atoms with E-state index in [1.54, 1.807) is 7.11 Å². The number of methoxy groups -OCH3 is 1. The third-order valence-corrected chi connectivity index (χ3v) is 2.97.